The summed E-state index contributed by atoms with van der Waals surface area (Å²) in [7, 11) is 1.34. The van der Waals surface area contributed by atoms with Gasteiger partial charge in [-0.2, -0.15) is 0 Å². The van der Waals surface area contributed by atoms with Crippen molar-refractivity contribution in [3.8, 4) is 0 Å². The molecule has 1 atom stereocenters. The minimum Gasteiger partial charge on any atom is -0.465 e. The van der Waals surface area contributed by atoms with E-state index in [9.17, 15) is 9.59 Å². The first-order valence-corrected chi connectivity index (χ1v) is 11.3. The number of nitrogens with one attached hydrogen (secondary N) is 1. The van der Waals surface area contributed by atoms with Crippen LogP contribution in [-0.2, 0) is 14.3 Å². The number of carbonyl (C=O) groups is 2. The molecule has 2 aliphatic heterocycles. The van der Waals surface area contributed by atoms with Crippen molar-refractivity contribution in [1.82, 2.24) is 10.2 Å². The van der Waals surface area contributed by atoms with E-state index in [0.717, 1.165) is 16.9 Å². The summed E-state index contributed by atoms with van der Waals surface area (Å²) in [5.74, 6) is -0.495. The van der Waals surface area contributed by atoms with E-state index < -0.39 is 12.0 Å². The van der Waals surface area contributed by atoms with E-state index in [1.807, 2.05) is 36.1 Å². The number of anilines is 1. The molecule has 4 rings (SSSR count). The Kier molecular flexibility index (Phi) is 6.97. The Labute approximate surface area is 202 Å². The molecule has 0 spiro atoms. The van der Waals surface area contributed by atoms with Crippen molar-refractivity contribution in [2.45, 2.75) is 13.0 Å². The molecule has 2 aliphatic rings. The van der Waals surface area contributed by atoms with E-state index in [0.29, 0.717) is 47.6 Å². The summed E-state index contributed by atoms with van der Waals surface area (Å²) in [5.41, 5.74) is 3.38. The third-order valence-electron chi connectivity index (χ3n) is 5.76. The number of esters is 1. The third-order valence-corrected chi connectivity index (χ3v) is 6.32. The zero-order valence-electron chi connectivity index (χ0n) is 18.3. The van der Waals surface area contributed by atoms with Crippen LogP contribution in [-0.4, -0.2) is 55.3 Å². The van der Waals surface area contributed by atoms with E-state index in [2.05, 4.69) is 5.32 Å². The second-order valence-electron chi connectivity index (χ2n) is 7.71. The van der Waals surface area contributed by atoms with Crippen LogP contribution in [0.4, 0.5) is 5.69 Å². The SMILES string of the molecule is COC(=O)c1ccc(C2NC(=S)N(c3ccc(Cl)cc3)C(C)=C2C(=O)N2CCOCC2)cc1. The van der Waals surface area contributed by atoms with Gasteiger partial charge in [0.2, 0.25) is 0 Å². The molecular formula is C24H24ClN3O4S. The fraction of sp³-hybridized carbons (Fsp3) is 0.292. The Morgan fingerprint density at radius 3 is 2.33 bits per heavy atom. The van der Waals surface area contributed by atoms with E-state index in [4.69, 9.17) is 33.3 Å². The molecule has 7 nitrogen and oxygen atoms in total. The number of nitrogens with zero attached hydrogens (tertiary/aromatic N) is 2. The van der Waals surface area contributed by atoms with Crippen LogP contribution in [0.15, 0.2) is 59.8 Å². The van der Waals surface area contributed by atoms with Crippen molar-refractivity contribution in [1.29, 1.82) is 0 Å². The number of amides is 1. The van der Waals surface area contributed by atoms with Crippen LogP contribution in [0.1, 0.15) is 28.9 Å². The minimum atomic E-state index is -0.469. The van der Waals surface area contributed by atoms with Gasteiger partial charge in [0.25, 0.3) is 5.91 Å². The quantitative estimate of drug-likeness (QED) is 0.523. The predicted octanol–water partition coefficient (Wildman–Crippen LogP) is 3.70. The number of carbonyl (C=O) groups excluding carboxylic acids is 2. The van der Waals surface area contributed by atoms with Crippen LogP contribution >= 0.6 is 23.8 Å². The minimum absolute atomic E-state index is 0.0770. The zero-order chi connectivity index (χ0) is 23.5. The molecule has 2 aromatic rings. The number of allylic oxidation sites excluding steroid dienone is 1. The summed E-state index contributed by atoms with van der Waals surface area (Å²) in [6.45, 7) is 3.95. The molecule has 0 bridgehead atoms. The zero-order valence-corrected chi connectivity index (χ0v) is 19.9. The maximum atomic E-state index is 13.7. The second-order valence-corrected chi connectivity index (χ2v) is 8.53. The van der Waals surface area contributed by atoms with Crippen molar-refractivity contribution >= 4 is 46.5 Å². The number of methoxy groups -OCH3 is 1. The molecule has 1 N–H and O–H groups in total. The number of hydrogen-bond donors (Lipinski definition) is 1. The normalized spacial score (nSPS) is 18.8. The maximum Gasteiger partial charge on any atom is 0.337 e. The Bertz CT molecular complexity index is 1100. The number of morpholine rings is 1. The molecule has 33 heavy (non-hydrogen) atoms. The molecule has 0 saturated carbocycles. The first kappa shape index (κ1) is 23.2. The first-order valence-electron chi connectivity index (χ1n) is 10.5. The molecule has 172 valence electrons. The Hall–Kier alpha value is -2.94. The van der Waals surface area contributed by atoms with Crippen molar-refractivity contribution in [3.63, 3.8) is 0 Å². The fourth-order valence-corrected chi connectivity index (χ4v) is 4.52. The van der Waals surface area contributed by atoms with Gasteiger partial charge in [-0.15, -0.1) is 0 Å². The smallest absolute Gasteiger partial charge is 0.337 e. The number of halogens is 1. The molecule has 1 unspecified atom stereocenters. The summed E-state index contributed by atoms with van der Waals surface area (Å²) in [6, 6.07) is 13.8. The van der Waals surface area contributed by atoms with Gasteiger partial charge in [0, 0.05) is 29.5 Å². The van der Waals surface area contributed by atoms with Gasteiger partial charge in [-0.1, -0.05) is 23.7 Å². The van der Waals surface area contributed by atoms with Gasteiger partial charge in [-0.25, -0.2) is 4.79 Å². The van der Waals surface area contributed by atoms with E-state index in [1.165, 1.54) is 7.11 Å². The van der Waals surface area contributed by atoms with Gasteiger partial charge in [-0.05, 0) is 61.1 Å². The second kappa shape index (κ2) is 9.91. The van der Waals surface area contributed by atoms with Gasteiger partial charge >= 0.3 is 5.97 Å². The highest BCUT2D eigenvalue weighted by Gasteiger charge is 2.36. The predicted molar refractivity (Wildman–Crippen MR) is 130 cm³/mol. The topological polar surface area (TPSA) is 71.1 Å². The van der Waals surface area contributed by atoms with Crippen molar-refractivity contribution < 1.29 is 19.1 Å². The lowest BCUT2D eigenvalue weighted by Gasteiger charge is -2.40. The van der Waals surface area contributed by atoms with E-state index in [-0.39, 0.29) is 5.91 Å². The summed E-state index contributed by atoms with van der Waals surface area (Å²) in [5, 5.41) is 4.41. The standard InChI is InChI=1S/C24H24ClN3O4S/c1-15-20(22(29)27-11-13-32-14-12-27)21(16-3-5-17(6-4-16)23(30)31-2)26-24(33)28(15)19-9-7-18(25)8-10-19/h3-10,21H,11-14H2,1-2H3,(H,26,33). The van der Waals surface area contributed by atoms with Gasteiger partial charge in [-0.3, -0.25) is 9.69 Å². The highest BCUT2D eigenvalue weighted by Crippen LogP contribution is 2.35. The number of thiocarbonyl (C=S) groups is 1. The molecule has 0 radical (unpaired) electrons. The Balaban J connectivity index is 1.78. The molecule has 2 heterocycles. The van der Waals surface area contributed by atoms with Crippen LogP contribution < -0.4 is 10.2 Å². The largest absolute Gasteiger partial charge is 0.465 e. The summed E-state index contributed by atoms with van der Waals surface area (Å²) >= 11 is 11.8. The van der Waals surface area contributed by atoms with Crippen molar-refractivity contribution in [2.24, 2.45) is 0 Å². The number of hydrogen-bond acceptors (Lipinski definition) is 5. The van der Waals surface area contributed by atoms with Gasteiger partial charge < -0.3 is 19.7 Å². The average Bonchev–Trinajstić information content (AvgIpc) is 2.84. The molecule has 1 fully saturated rings. The van der Waals surface area contributed by atoms with Gasteiger partial charge in [0.05, 0.1) is 37.5 Å². The lowest BCUT2D eigenvalue weighted by atomic mass is 9.93. The highest BCUT2D eigenvalue weighted by molar-refractivity contribution is 7.80. The van der Waals surface area contributed by atoms with E-state index >= 15 is 0 Å². The van der Waals surface area contributed by atoms with Gasteiger partial charge in [0.1, 0.15) is 0 Å². The Morgan fingerprint density at radius 2 is 1.73 bits per heavy atom. The molecule has 1 amide bonds. The van der Waals surface area contributed by atoms with Crippen LogP contribution in [0.2, 0.25) is 5.02 Å². The maximum absolute atomic E-state index is 13.7. The molecule has 1 saturated heterocycles. The summed E-state index contributed by atoms with van der Waals surface area (Å²) in [4.78, 5) is 29.2. The molecule has 2 aromatic carbocycles. The number of benzene rings is 2. The van der Waals surface area contributed by atoms with Crippen molar-refractivity contribution in [3.05, 3.63) is 76.0 Å². The number of rotatable bonds is 4. The molecule has 0 aromatic heterocycles. The summed E-state index contributed by atoms with van der Waals surface area (Å²) < 4.78 is 10.2. The van der Waals surface area contributed by atoms with Gasteiger partial charge in [0.15, 0.2) is 5.11 Å². The highest BCUT2D eigenvalue weighted by atomic mass is 35.5. The van der Waals surface area contributed by atoms with Crippen LogP contribution in [0, 0.1) is 0 Å². The molecule has 0 aliphatic carbocycles. The fourth-order valence-electron chi connectivity index (χ4n) is 4.04. The van der Waals surface area contributed by atoms with Crippen LogP contribution in [0.5, 0.6) is 0 Å². The lowest BCUT2D eigenvalue weighted by molar-refractivity contribution is -0.131. The van der Waals surface area contributed by atoms with E-state index in [1.54, 1.807) is 29.2 Å². The first-order chi connectivity index (χ1) is 15.9. The third kappa shape index (κ3) is 4.73. The molecule has 9 heteroatoms. The average molecular weight is 486 g/mol. The van der Waals surface area contributed by atoms with Crippen molar-refractivity contribution in [2.75, 3.05) is 38.3 Å². The number of ether oxygens (including phenoxy) is 2. The molecular weight excluding hydrogens is 462 g/mol. The monoisotopic (exact) mass is 485 g/mol. The van der Waals surface area contributed by atoms with Crippen LogP contribution in [0.25, 0.3) is 0 Å². The lowest BCUT2D eigenvalue weighted by Crippen LogP contribution is -2.51. The summed E-state index contributed by atoms with van der Waals surface area (Å²) in [6.07, 6.45) is 0. The van der Waals surface area contributed by atoms with Crippen LogP contribution in [0.3, 0.4) is 0 Å². The Morgan fingerprint density at radius 1 is 1.09 bits per heavy atom.